The molecule has 4 aromatic rings. The van der Waals surface area contributed by atoms with E-state index >= 15 is 0 Å². The van der Waals surface area contributed by atoms with Crippen LogP contribution in [0.5, 0.6) is 0 Å². The van der Waals surface area contributed by atoms with Gasteiger partial charge < -0.3 is 5.32 Å². The Bertz CT molecular complexity index is 1270. The predicted molar refractivity (Wildman–Crippen MR) is 123 cm³/mol. The molecule has 2 aromatic heterocycles. The molecule has 0 saturated carbocycles. The Balaban J connectivity index is 1.49. The number of carbonyl (C=O) groups is 1. The highest BCUT2D eigenvalue weighted by molar-refractivity contribution is 7.80. The summed E-state index contributed by atoms with van der Waals surface area (Å²) in [6.45, 7) is 3.98. The molecule has 0 radical (unpaired) electrons. The average molecular weight is 457 g/mol. The first-order valence-electron chi connectivity index (χ1n) is 9.15. The van der Waals surface area contributed by atoms with Crippen molar-refractivity contribution < 1.29 is 4.79 Å². The van der Waals surface area contributed by atoms with Gasteiger partial charge >= 0.3 is 0 Å². The lowest BCUT2D eigenvalue weighted by molar-refractivity contribution is 0.0978. The second kappa shape index (κ2) is 8.47. The van der Waals surface area contributed by atoms with Gasteiger partial charge in [0.15, 0.2) is 10.9 Å². The SMILES string of the molecule is CCc1nnc2sc(-c3ccc(NC(=S)NC(=O)c4ccccc4Cl)c(C)c3)nn12. The number of nitrogens with zero attached hydrogens (tertiary/aromatic N) is 4. The van der Waals surface area contributed by atoms with Gasteiger partial charge in [-0.25, -0.2) is 0 Å². The summed E-state index contributed by atoms with van der Waals surface area (Å²) in [6, 6.07) is 12.7. The van der Waals surface area contributed by atoms with Crippen molar-refractivity contribution in [2.75, 3.05) is 5.32 Å². The standard InChI is InChI=1S/C20H17ClN6OS2/c1-3-16-24-25-20-27(16)26-18(30-20)12-8-9-15(11(2)10-12)22-19(29)23-17(28)13-6-4-5-7-14(13)21/h4-10H,3H2,1-2H3,(H2,22,23,28,29). The summed E-state index contributed by atoms with van der Waals surface area (Å²) in [5.41, 5.74) is 3.09. The van der Waals surface area contributed by atoms with Crippen molar-refractivity contribution in [2.24, 2.45) is 0 Å². The predicted octanol–water partition coefficient (Wildman–Crippen LogP) is 4.50. The molecule has 2 heterocycles. The number of hydrogen-bond donors (Lipinski definition) is 2. The second-order valence-corrected chi connectivity index (χ2v) is 8.26. The molecule has 0 bridgehead atoms. The first-order valence-corrected chi connectivity index (χ1v) is 10.8. The fourth-order valence-corrected chi connectivity index (χ4v) is 4.18. The van der Waals surface area contributed by atoms with Gasteiger partial charge in [0.25, 0.3) is 5.91 Å². The number of fused-ring (bicyclic) bond motifs is 1. The number of aryl methyl sites for hydroxylation is 2. The largest absolute Gasteiger partial charge is 0.332 e. The molecule has 0 unspecified atom stereocenters. The Morgan fingerprint density at radius 2 is 2.03 bits per heavy atom. The van der Waals surface area contributed by atoms with Gasteiger partial charge in [-0.15, -0.1) is 10.2 Å². The highest BCUT2D eigenvalue weighted by Crippen LogP contribution is 2.28. The summed E-state index contributed by atoms with van der Waals surface area (Å²) in [5.74, 6) is 0.473. The molecule has 0 atom stereocenters. The van der Waals surface area contributed by atoms with Crippen LogP contribution in [-0.2, 0) is 6.42 Å². The van der Waals surface area contributed by atoms with Crippen LogP contribution in [0.2, 0.25) is 5.02 Å². The molecule has 7 nitrogen and oxygen atoms in total. The molecule has 1 amide bonds. The van der Waals surface area contributed by atoms with Gasteiger partial charge in [-0.2, -0.15) is 9.61 Å². The molecule has 0 aliphatic rings. The first-order chi connectivity index (χ1) is 14.5. The number of halogens is 1. The lowest BCUT2D eigenvalue weighted by Gasteiger charge is -2.13. The van der Waals surface area contributed by atoms with Crippen LogP contribution in [0.4, 0.5) is 5.69 Å². The van der Waals surface area contributed by atoms with Gasteiger partial charge in [0.2, 0.25) is 4.96 Å². The highest BCUT2D eigenvalue weighted by Gasteiger charge is 2.14. The smallest absolute Gasteiger partial charge is 0.258 e. The lowest BCUT2D eigenvalue weighted by atomic mass is 10.1. The van der Waals surface area contributed by atoms with Gasteiger partial charge in [0.05, 0.1) is 10.6 Å². The molecule has 0 fully saturated rings. The Hall–Kier alpha value is -2.88. The van der Waals surface area contributed by atoms with Gasteiger partial charge in [0, 0.05) is 17.7 Å². The van der Waals surface area contributed by atoms with Crippen LogP contribution in [0.1, 0.15) is 28.7 Å². The number of anilines is 1. The molecule has 10 heteroatoms. The third-order valence-corrected chi connectivity index (χ3v) is 5.92. The number of amides is 1. The molecule has 4 rings (SSSR count). The summed E-state index contributed by atoms with van der Waals surface area (Å²) in [5, 5.41) is 20.0. The Morgan fingerprint density at radius 3 is 2.77 bits per heavy atom. The normalized spacial score (nSPS) is 10.9. The Morgan fingerprint density at radius 1 is 1.23 bits per heavy atom. The van der Waals surface area contributed by atoms with Crippen LogP contribution in [0, 0.1) is 6.92 Å². The summed E-state index contributed by atoms with van der Waals surface area (Å²) in [4.78, 5) is 13.1. The molecule has 0 aliphatic carbocycles. The van der Waals surface area contributed by atoms with Gasteiger partial charge in [0.1, 0.15) is 5.01 Å². The minimum Gasteiger partial charge on any atom is -0.332 e. The summed E-state index contributed by atoms with van der Waals surface area (Å²) >= 11 is 12.8. The molecule has 0 spiro atoms. The van der Waals surface area contributed by atoms with Crippen LogP contribution < -0.4 is 10.6 Å². The monoisotopic (exact) mass is 456 g/mol. The van der Waals surface area contributed by atoms with Crippen LogP contribution in [0.15, 0.2) is 42.5 Å². The maximum absolute atomic E-state index is 12.4. The Kier molecular flexibility index (Phi) is 5.76. The van der Waals surface area contributed by atoms with Crippen molar-refractivity contribution in [3.05, 3.63) is 64.4 Å². The molecule has 30 heavy (non-hydrogen) atoms. The van der Waals surface area contributed by atoms with E-state index in [1.165, 1.54) is 11.3 Å². The fourth-order valence-electron chi connectivity index (χ4n) is 2.90. The third-order valence-electron chi connectivity index (χ3n) is 4.44. The minimum absolute atomic E-state index is 0.196. The van der Waals surface area contributed by atoms with E-state index in [-0.39, 0.29) is 11.0 Å². The average Bonchev–Trinajstić information content (AvgIpc) is 3.30. The van der Waals surface area contributed by atoms with Crippen LogP contribution >= 0.6 is 35.2 Å². The van der Waals surface area contributed by atoms with E-state index in [9.17, 15) is 4.79 Å². The third kappa shape index (κ3) is 4.04. The minimum atomic E-state index is -0.362. The molecular weight excluding hydrogens is 440 g/mol. The summed E-state index contributed by atoms with van der Waals surface area (Å²) in [6.07, 6.45) is 0.767. The topological polar surface area (TPSA) is 84.2 Å². The fraction of sp³-hybridized carbons (Fsp3) is 0.150. The summed E-state index contributed by atoms with van der Waals surface area (Å²) in [7, 11) is 0. The van der Waals surface area contributed by atoms with E-state index < -0.39 is 0 Å². The summed E-state index contributed by atoms with van der Waals surface area (Å²) < 4.78 is 1.78. The highest BCUT2D eigenvalue weighted by atomic mass is 35.5. The molecular formula is C20H17ClN6OS2. The zero-order chi connectivity index (χ0) is 21.3. The number of rotatable bonds is 4. The van der Waals surface area contributed by atoms with E-state index in [1.807, 2.05) is 32.0 Å². The quantitative estimate of drug-likeness (QED) is 0.440. The van der Waals surface area contributed by atoms with E-state index in [4.69, 9.17) is 23.8 Å². The van der Waals surface area contributed by atoms with Crippen LogP contribution in [-0.4, -0.2) is 30.8 Å². The van der Waals surface area contributed by atoms with E-state index in [2.05, 4.69) is 25.9 Å². The Labute approximate surface area is 187 Å². The number of carbonyl (C=O) groups excluding carboxylic acids is 1. The van der Waals surface area contributed by atoms with Crippen LogP contribution in [0.3, 0.4) is 0 Å². The first kappa shape index (κ1) is 20.4. The number of hydrogen-bond acceptors (Lipinski definition) is 6. The van der Waals surface area contributed by atoms with Crippen molar-refractivity contribution in [3.8, 4) is 10.6 Å². The van der Waals surface area contributed by atoms with Crippen molar-refractivity contribution in [2.45, 2.75) is 20.3 Å². The van der Waals surface area contributed by atoms with Crippen molar-refractivity contribution in [3.63, 3.8) is 0 Å². The number of aromatic nitrogens is 4. The molecule has 2 N–H and O–H groups in total. The number of thiocarbonyl (C=S) groups is 1. The van der Waals surface area contributed by atoms with Crippen molar-refractivity contribution in [1.29, 1.82) is 0 Å². The molecule has 152 valence electrons. The van der Waals surface area contributed by atoms with Gasteiger partial charge in [-0.05, 0) is 55.0 Å². The molecule has 0 aliphatic heterocycles. The molecule has 2 aromatic carbocycles. The molecule has 0 saturated heterocycles. The number of benzene rings is 2. The number of nitrogens with one attached hydrogen (secondary N) is 2. The van der Waals surface area contributed by atoms with E-state index in [0.29, 0.717) is 10.6 Å². The second-order valence-electron chi connectivity index (χ2n) is 6.49. The van der Waals surface area contributed by atoms with Gasteiger partial charge in [-0.3, -0.25) is 10.1 Å². The van der Waals surface area contributed by atoms with Crippen molar-refractivity contribution >= 4 is 56.8 Å². The zero-order valence-corrected chi connectivity index (χ0v) is 18.5. The van der Waals surface area contributed by atoms with E-state index in [1.54, 1.807) is 28.8 Å². The van der Waals surface area contributed by atoms with Crippen LogP contribution in [0.25, 0.3) is 15.5 Å². The van der Waals surface area contributed by atoms with E-state index in [0.717, 1.165) is 39.0 Å². The van der Waals surface area contributed by atoms with Crippen molar-refractivity contribution in [1.82, 2.24) is 25.1 Å². The maximum atomic E-state index is 12.4. The van der Waals surface area contributed by atoms with Gasteiger partial charge in [-0.1, -0.05) is 42.0 Å². The maximum Gasteiger partial charge on any atom is 0.258 e. The lowest BCUT2D eigenvalue weighted by Crippen LogP contribution is -2.34. The zero-order valence-electron chi connectivity index (χ0n) is 16.1.